The predicted molar refractivity (Wildman–Crippen MR) is 111 cm³/mol. The van der Waals surface area contributed by atoms with E-state index in [0.717, 1.165) is 5.56 Å². The zero-order valence-electron chi connectivity index (χ0n) is 17.5. The summed E-state index contributed by atoms with van der Waals surface area (Å²) in [5, 5.41) is 0. The summed E-state index contributed by atoms with van der Waals surface area (Å²) < 4.78 is 23.9. The van der Waals surface area contributed by atoms with Crippen LogP contribution >= 0.6 is 0 Å². The van der Waals surface area contributed by atoms with E-state index in [1.807, 2.05) is 11.8 Å². The molecule has 6 nitrogen and oxygen atoms in total. The average molecular weight is 414 g/mol. The molecule has 3 rings (SSSR count). The largest absolute Gasteiger partial charge is 0.497 e. The molecule has 7 heteroatoms. The summed E-state index contributed by atoms with van der Waals surface area (Å²) in [6, 6.07) is 11.6. The minimum absolute atomic E-state index is 0.0131. The molecule has 2 aromatic rings. The second kappa shape index (κ2) is 9.71. The maximum absolute atomic E-state index is 13.1. The molecule has 0 bridgehead atoms. The Bertz CT molecular complexity index is 887. The maximum atomic E-state index is 13.1. The van der Waals surface area contributed by atoms with Crippen molar-refractivity contribution in [2.75, 3.05) is 26.8 Å². The Morgan fingerprint density at radius 1 is 1.13 bits per heavy atom. The lowest BCUT2D eigenvalue weighted by Gasteiger charge is -2.44. The van der Waals surface area contributed by atoms with Gasteiger partial charge in [-0.15, -0.1) is 0 Å². The predicted octanol–water partition coefficient (Wildman–Crippen LogP) is 3.15. The number of benzene rings is 2. The van der Waals surface area contributed by atoms with Gasteiger partial charge in [0.1, 0.15) is 17.3 Å². The maximum Gasteiger partial charge on any atom is 0.260 e. The van der Waals surface area contributed by atoms with Gasteiger partial charge < -0.3 is 14.4 Å². The topological polar surface area (TPSA) is 59.1 Å². The summed E-state index contributed by atoms with van der Waals surface area (Å²) in [6.07, 6.45) is 0.682. The first-order chi connectivity index (χ1) is 14.4. The fourth-order valence-electron chi connectivity index (χ4n) is 3.69. The van der Waals surface area contributed by atoms with Crippen molar-refractivity contribution in [1.82, 2.24) is 9.80 Å². The Morgan fingerprint density at radius 3 is 2.53 bits per heavy atom. The van der Waals surface area contributed by atoms with Gasteiger partial charge in [0.15, 0.2) is 12.9 Å². The number of rotatable bonds is 7. The highest BCUT2D eigenvalue weighted by Crippen LogP contribution is 2.23. The van der Waals surface area contributed by atoms with Crippen LogP contribution in [0.25, 0.3) is 0 Å². The number of aldehydes is 1. The van der Waals surface area contributed by atoms with E-state index in [1.54, 1.807) is 30.3 Å². The first-order valence-electron chi connectivity index (χ1n) is 9.95. The molecule has 0 spiro atoms. The molecule has 30 heavy (non-hydrogen) atoms. The van der Waals surface area contributed by atoms with Crippen molar-refractivity contribution in [1.29, 1.82) is 0 Å². The normalized spacial score (nSPS) is 19.4. The van der Waals surface area contributed by atoms with Crippen molar-refractivity contribution in [3.8, 4) is 11.5 Å². The molecule has 1 aliphatic heterocycles. The lowest BCUT2D eigenvalue weighted by atomic mass is 10.1. The minimum Gasteiger partial charge on any atom is -0.497 e. The first-order valence-corrected chi connectivity index (χ1v) is 9.95. The number of carbonyl (C=O) groups is 2. The summed E-state index contributed by atoms with van der Waals surface area (Å²) >= 11 is 0. The monoisotopic (exact) mass is 414 g/mol. The Labute approximate surface area is 176 Å². The number of halogens is 1. The van der Waals surface area contributed by atoms with Crippen molar-refractivity contribution in [3.63, 3.8) is 0 Å². The van der Waals surface area contributed by atoms with E-state index < -0.39 is 0 Å². The molecule has 0 aromatic heterocycles. The molecule has 2 aromatic carbocycles. The van der Waals surface area contributed by atoms with Crippen LogP contribution in [-0.2, 0) is 11.3 Å². The lowest BCUT2D eigenvalue weighted by Crippen LogP contribution is -2.58. The molecule has 0 N–H and O–H groups in total. The molecule has 1 aliphatic rings. The van der Waals surface area contributed by atoms with Crippen molar-refractivity contribution >= 4 is 12.2 Å². The quantitative estimate of drug-likeness (QED) is 0.652. The first kappa shape index (κ1) is 21.8. The minimum atomic E-state index is -0.245. The Balaban J connectivity index is 1.58. The molecular formula is C23H27FN2O4. The van der Waals surface area contributed by atoms with Gasteiger partial charge in [0.05, 0.1) is 12.7 Å². The van der Waals surface area contributed by atoms with E-state index in [0.29, 0.717) is 43.0 Å². The van der Waals surface area contributed by atoms with E-state index in [4.69, 9.17) is 9.47 Å². The van der Waals surface area contributed by atoms with Gasteiger partial charge in [-0.05, 0) is 49.7 Å². The van der Waals surface area contributed by atoms with Gasteiger partial charge in [-0.2, -0.15) is 0 Å². The number of methoxy groups -OCH3 is 1. The van der Waals surface area contributed by atoms with Crippen LogP contribution < -0.4 is 9.47 Å². The molecule has 1 amide bonds. The third kappa shape index (κ3) is 5.16. The summed E-state index contributed by atoms with van der Waals surface area (Å²) in [4.78, 5) is 28.2. The third-order valence-electron chi connectivity index (χ3n) is 5.43. The molecule has 2 atom stereocenters. The Kier molecular flexibility index (Phi) is 7.05. The smallest absolute Gasteiger partial charge is 0.260 e. The summed E-state index contributed by atoms with van der Waals surface area (Å²) in [6.45, 7) is 5.94. The highest BCUT2D eigenvalue weighted by atomic mass is 19.1. The second-order valence-electron chi connectivity index (χ2n) is 7.61. The van der Waals surface area contributed by atoms with Gasteiger partial charge >= 0.3 is 0 Å². The van der Waals surface area contributed by atoms with Crippen LogP contribution in [-0.4, -0.2) is 60.9 Å². The summed E-state index contributed by atoms with van der Waals surface area (Å²) in [5.41, 5.74) is 1.38. The van der Waals surface area contributed by atoms with E-state index in [-0.39, 0.29) is 30.4 Å². The van der Waals surface area contributed by atoms with Crippen molar-refractivity contribution in [2.45, 2.75) is 32.5 Å². The molecule has 160 valence electrons. The van der Waals surface area contributed by atoms with Crippen LogP contribution in [0, 0.1) is 5.82 Å². The summed E-state index contributed by atoms with van der Waals surface area (Å²) in [7, 11) is 1.52. The standard InChI is InChI=1S/C23H27FN2O4/c1-16-12-26(17(2)11-25(16)13-18-4-6-20(24)7-5-18)23(28)15-30-22-9-8-21(29-3)10-19(22)14-27/h4-10,14,16-17H,11-13,15H2,1-3H3/t16-,17+/m0/s1. The molecular weight excluding hydrogens is 387 g/mol. The zero-order valence-corrected chi connectivity index (χ0v) is 17.5. The van der Waals surface area contributed by atoms with Crippen LogP contribution in [0.15, 0.2) is 42.5 Å². The van der Waals surface area contributed by atoms with E-state index in [9.17, 15) is 14.0 Å². The molecule has 1 heterocycles. The van der Waals surface area contributed by atoms with Crippen LogP contribution in [0.4, 0.5) is 4.39 Å². The van der Waals surface area contributed by atoms with E-state index >= 15 is 0 Å². The number of nitrogens with zero attached hydrogens (tertiary/aromatic N) is 2. The molecule has 1 saturated heterocycles. The van der Waals surface area contributed by atoms with Gasteiger partial charge in [-0.1, -0.05) is 12.1 Å². The Morgan fingerprint density at radius 2 is 1.87 bits per heavy atom. The van der Waals surface area contributed by atoms with Gasteiger partial charge in [-0.25, -0.2) is 4.39 Å². The number of carbonyl (C=O) groups excluding carboxylic acids is 2. The van der Waals surface area contributed by atoms with Gasteiger partial charge in [0.2, 0.25) is 0 Å². The molecule has 1 fully saturated rings. The van der Waals surface area contributed by atoms with Gasteiger partial charge in [-0.3, -0.25) is 14.5 Å². The molecule has 0 radical (unpaired) electrons. The number of amides is 1. The molecule has 0 saturated carbocycles. The van der Waals surface area contributed by atoms with E-state index in [1.165, 1.54) is 19.2 Å². The lowest BCUT2D eigenvalue weighted by molar-refractivity contribution is -0.139. The number of piperazine rings is 1. The van der Waals surface area contributed by atoms with Crippen LogP contribution in [0.3, 0.4) is 0 Å². The SMILES string of the molecule is COc1ccc(OCC(=O)N2C[C@H](C)N(Cc3ccc(F)cc3)C[C@H]2C)c(C=O)c1. The fourth-order valence-corrected chi connectivity index (χ4v) is 3.69. The van der Waals surface area contributed by atoms with Crippen LogP contribution in [0.1, 0.15) is 29.8 Å². The number of hydrogen-bond acceptors (Lipinski definition) is 5. The Hall–Kier alpha value is -2.93. The van der Waals surface area contributed by atoms with Gasteiger partial charge in [0, 0.05) is 31.7 Å². The summed E-state index contributed by atoms with van der Waals surface area (Å²) in [5.74, 6) is 0.541. The van der Waals surface area contributed by atoms with Gasteiger partial charge in [0.25, 0.3) is 5.91 Å². The van der Waals surface area contributed by atoms with E-state index in [2.05, 4.69) is 11.8 Å². The second-order valence-corrected chi connectivity index (χ2v) is 7.61. The zero-order chi connectivity index (χ0) is 21.7. The molecule has 0 aliphatic carbocycles. The highest BCUT2D eigenvalue weighted by Gasteiger charge is 2.32. The number of hydrogen-bond donors (Lipinski definition) is 0. The highest BCUT2D eigenvalue weighted by molar-refractivity contribution is 5.81. The molecule has 0 unspecified atom stereocenters. The fraction of sp³-hybridized carbons (Fsp3) is 0.391. The van der Waals surface area contributed by atoms with Crippen LogP contribution in [0.5, 0.6) is 11.5 Å². The third-order valence-corrected chi connectivity index (χ3v) is 5.43. The number of ether oxygens (including phenoxy) is 2. The van der Waals surface area contributed by atoms with Crippen LogP contribution in [0.2, 0.25) is 0 Å². The van der Waals surface area contributed by atoms with Crippen molar-refractivity contribution in [2.24, 2.45) is 0 Å². The van der Waals surface area contributed by atoms with Crippen molar-refractivity contribution < 1.29 is 23.5 Å². The average Bonchev–Trinajstić information content (AvgIpc) is 2.75. The van der Waals surface area contributed by atoms with Crippen molar-refractivity contribution in [3.05, 3.63) is 59.4 Å².